The minimum absolute atomic E-state index is 0.189. The van der Waals surface area contributed by atoms with E-state index in [1.165, 1.54) is 6.42 Å². The number of hydrogen-bond acceptors (Lipinski definition) is 3. The third-order valence-electron chi connectivity index (χ3n) is 4.67. The van der Waals surface area contributed by atoms with Crippen LogP contribution in [-0.4, -0.2) is 24.5 Å². The first kappa shape index (κ1) is 16.5. The van der Waals surface area contributed by atoms with Gasteiger partial charge in [-0.15, -0.1) is 0 Å². The first-order valence-electron chi connectivity index (χ1n) is 8.00. The summed E-state index contributed by atoms with van der Waals surface area (Å²) in [7, 11) is 0. The number of aryl methyl sites for hydroxylation is 1. The Morgan fingerprint density at radius 3 is 2.55 bits per heavy atom. The second kappa shape index (κ2) is 7.43. The van der Waals surface area contributed by atoms with Gasteiger partial charge in [-0.2, -0.15) is 0 Å². The average molecular weight is 303 g/mol. The summed E-state index contributed by atoms with van der Waals surface area (Å²) >= 11 is 0. The van der Waals surface area contributed by atoms with E-state index in [9.17, 15) is 9.59 Å². The predicted octanol–water partition coefficient (Wildman–Crippen LogP) is 3.09. The molecule has 1 aliphatic rings. The molecule has 4 heteroatoms. The molecule has 22 heavy (non-hydrogen) atoms. The fraction of sp³-hybridized carbons (Fsp3) is 0.556. The summed E-state index contributed by atoms with van der Waals surface area (Å²) in [6, 6.07) is 7.30. The molecule has 0 aliphatic heterocycles. The fourth-order valence-corrected chi connectivity index (χ4v) is 2.94. The van der Waals surface area contributed by atoms with Crippen LogP contribution >= 0.6 is 0 Å². The second-order valence-electron chi connectivity index (χ2n) is 6.38. The molecule has 1 aromatic rings. The Balaban J connectivity index is 1.80. The van der Waals surface area contributed by atoms with Crippen molar-refractivity contribution in [3.05, 3.63) is 35.4 Å². The highest BCUT2D eigenvalue weighted by Gasteiger charge is 2.28. The lowest BCUT2D eigenvalue weighted by Gasteiger charge is -2.34. The zero-order chi connectivity index (χ0) is 16.1. The molecule has 3 atom stereocenters. The van der Waals surface area contributed by atoms with Crippen LogP contribution in [0.15, 0.2) is 24.3 Å². The van der Waals surface area contributed by atoms with Crippen molar-refractivity contribution >= 4 is 11.9 Å². The number of hydrogen-bond donors (Lipinski definition) is 1. The SMILES string of the molecule is Cc1ccc(C(=O)OCC(=O)N[C@@H]2CCC[C@H](C)[C@H]2C)cc1. The van der Waals surface area contributed by atoms with E-state index in [0.29, 0.717) is 17.4 Å². The molecule has 1 aliphatic carbocycles. The van der Waals surface area contributed by atoms with Gasteiger partial charge in [-0.05, 0) is 37.3 Å². The highest BCUT2D eigenvalue weighted by molar-refractivity contribution is 5.91. The van der Waals surface area contributed by atoms with Crippen LogP contribution in [-0.2, 0) is 9.53 Å². The van der Waals surface area contributed by atoms with Gasteiger partial charge in [-0.1, -0.05) is 44.4 Å². The second-order valence-corrected chi connectivity index (χ2v) is 6.38. The summed E-state index contributed by atoms with van der Waals surface area (Å²) in [4.78, 5) is 23.8. The first-order valence-corrected chi connectivity index (χ1v) is 8.00. The highest BCUT2D eigenvalue weighted by Crippen LogP contribution is 2.29. The van der Waals surface area contributed by atoms with Crippen LogP contribution in [0.5, 0.6) is 0 Å². The topological polar surface area (TPSA) is 55.4 Å². The van der Waals surface area contributed by atoms with Crippen molar-refractivity contribution in [3.8, 4) is 0 Å². The Kier molecular flexibility index (Phi) is 5.58. The van der Waals surface area contributed by atoms with Crippen LogP contribution in [0.1, 0.15) is 49.0 Å². The van der Waals surface area contributed by atoms with Gasteiger partial charge in [0.05, 0.1) is 5.56 Å². The minimum Gasteiger partial charge on any atom is -0.452 e. The summed E-state index contributed by atoms with van der Waals surface area (Å²) in [5, 5.41) is 3.00. The molecule has 0 saturated heterocycles. The third kappa shape index (κ3) is 4.33. The zero-order valence-electron chi connectivity index (χ0n) is 13.6. The summed E-state index contributed by atoms with van der Waals surface area (Å²) < 4.78 is 5.08. The molecule has 1 saturated carbocycles. The van der Waals surface area contributed by atoms with Crippen LogP contribution in [0, 0.1) is 18.8 Å². The maximum Gasteiger partial charge on any atom is 0.338 e. The van der Waals surface area contributed by atoms with Crippen molar-refractivity contribution in [2.24, 2.45) is 11.8 Å². The Labute approximate surface area is 132 Å². The first-order chi connectivity index (χ1) is 10.5. The van der Waals surface area contributed by atoms with Crippen molar-refractivity contribution in [1.29, 1.82) is 0 Å². The Morgan fingerprint density at radius 2 is 1.86 bits per heavy atom. The van der Waals surface area contributed by atoms with Crippen molar-refractivity contribution in [1.82, 2.24) is 5.32 Å². The largest absolute Gasteiger partial charge is 0.452 e. The van der Waals surface area contributed by atoms with Crippen LogP contribution < -0.4 is 5.32 Å². The van der Waals surface area contributed by atoms with Crippen LogP contribution in [0.25, 0.3) is 0 Å². The van der Waals surface area contributed by atoms with Gasteiger partial charge in [-0.25, -0.2) is 4.79 Å². The van der Waals surface area contributed by atoms with Gasteiger partial charge in [0.1, 0.15) is 0 Å². The van der Waals surface area contributed by atoms with Crippen molar-refractivity contribution < 1.29 is 14.3 Å². The number of amides is 1. The van der Waals surface area contributed by atoms with Gasteiger partial charge >= 0.3 is 5.97 Å². The molecule has 1 aromatic carbocycles. The lowest BCUT2D eigenvalue weighted by atomic mass is 9.78. The molecule has 0 spiro atoms. The summed E-state index contributed by atoms with van der Waals surface area (Å²) in [6.45, 7) is 6.13. The van der Waals surface area contributed by atoms with E-state index in [0.717, 1.165) is 18.4 Å². The number of carbonyl (C=O) groups excluding carboxylic acids is 2. The molecule has 0 bridgehead atoms. The molecule has 120 valence electrons. The van der Waals surface area contributed by atoms with Gasteiger partial charge in [-0.3, -0.25) is 4.79 Å². The number of benzene rings is 1. The van der Waals surface area contributed by atoms with E-state index in [1.807, 2.05) is 19.1 Å². The molecule has 4 nitrogen and oxygen atoms in total. The molecule has 1 fully saturated rings. The molecular weight excluding hydrogens is 278 g/mol. The zero-order valence-corrected chi connectivity index (χ0v) is 13.6. The lowest BCUT2D eigenvalue weighted by molar-refractivity contribution is -0.125. The highest BCUT2D eigenvalue weighted by atomic mass is 16.5. The minimum atomic E-state index is -0.458. The maximum atomic E-state index is 12.0. The van der Waals surface area contributed by atoms with Crippen molar-refractivity contribution in [2.75, 3.05) is 6.61 Å². The summed E-state index contributed by atoms with van der Waals surface area (Å²) in [5.41, 5.74) is 1.55. The number of esters is 1. The van der Waals surface area contributed by atoms with Crippen LogP contribution in [0.3, 0.4) is 0 Å². The third-order valence-corrected chi connectivity index (χ3v) is 4.67. The molecule has 0 heterocycles. The van der Waals surface area contributed by atoms with E-state index in [4.69, 9.17) is 4.74 Å². The van der Waals surface area contributed by atoms with Gasteiger partial charge in [0.2, 0.25) is 0 Å². The van der Waals surface area contributed by atoms with Crippen molar-refractivity contribution in [3.63, 3.8) is 0 Å². The number of rotatable bonds is 4. The molecular formula is C18H25NO3. The number of ether oxygens (including phenoxy) is 1. The summed E-state index contributed by atoms with van der Waals surface area (Å²) in [6.07, 6.45) is 3.36. The van der Waals surface area contributed by atoms with E-state index in [2.05, 4.69) is 19.2 Å². The van der Waals surface area contributed by atoms with E-state index in [-0.39, 0.29) is 18.6 Å². The molecule has 1 N–H and O–H groups in total. The smallest absolute Gasteiger partial charge is 0.338 e. The van der Waals surface area contributed by atoms with Crippen molar-refractivity contribution in [2.45, 2.75) is 46.1 Å². The van der Waals surface area contributed by atoms with E-state index in [1.54, 1.807) is 12.1 Å². The Bertz CT molecular complexity index is 524. The number of carbonyl (C=O) groups is 2. The normalized spacial score (nSPS) is 24.6. The summed E-state index contributed by atoms with van der Waals surface area (Å²) in [5.74, 6) is 0.409. The van der Waals surface area contributed by atoms with Gasteiger partial charge in [0, 0.05) is 6.04 Å². The fourth-order valence-electron chi connectivity index (χ4n) is 2.94. The molecule has 1 amide bonds. The monoisotopic (exact) mass is 303 g/mol. The quantitative estimate of drug-likeness (QED) is 0.870. The van der Waals surface area contributed by atoms with Gasteiger partial charge in [0.15, 0.2) is 6.61 Å². The standard InChI is InChI=1S/C18H25NO3/c1-12-7-9-15(10-8-12)18(21)22-11-17(20)19-16-6-4-5-13(2)14(16)3/h7-10,13-14,16H,4-6,11H2,1-3H3,(H,19,20)/t13-,14+,16+/m0/s1. The molecule has 2 rings (SSSR count). The Morgan fingerprint density at radius 1 is 1.18 bits per heavy atom. The molecule has 0 aromatic heterocycles. The molecule has 0 radical (unpaired) electrons. The number of nitrogens with one attached hydrogen (secondary N) is 1. The van der Waals surface area contributed by atoms with E-state index < -0.39 is 5.97 Å². The average Bonchev–Trinajstić information content (AvgIpc) is 2.50. The van der Waals surface area contributed by atoms with Crippen LogP contribution in [0.2, 0.25) is 0 Å². The van der Waals surface area contributed by atoms with Gasteiger partial charge in [0.25, 0.3) is 5.91 Å². The van der Waals surface area contributed by atoms with Crippen LogP contribution in [0.4, 0.5) is 0 Å². The van der Waals surface area contributed by atoms with E-state index >= 15 is 0 Å². The maximum absolute atomic E-state index is 12.0. The van der Waals surface area contributed by atoms with Gasteiger partial charge < -0.3 is 10.1 Å². The Hall–Kier alpha value is -1.84. The lowest BCUT2D eigenvalue weighted by Crippen LogP contribution is -2.45. The predicted molar refractivity (Wildman–Crippen MR) is 85.6 cm³/mol. The molecule has 0 unspecified atom stereocenters.